The van der Waals surface area contributed by atoms with Gasteiger partial charge >= 0.3 is 0 Å². The summed E-state index contributed by atoms with van der Waals surface area (Å²) >= 11 is 6.11. The first kappa shape index (κ1) is 16.0. The van der Waals surface area contributed by atoms with E-state index in [0.717, 1.165) is 25.7 Å². The van der Waals surface area contributed by atoms with Crippen molar-refractivity contribution in [2.45, 2.75) is 38.1 Å². The third kappa shape index (κ3) is 3.62. The highest BCUT2D eigenvalue weighted by Crippen LogP contribution is 2.33. The number of nitrogens with one attached hydrogen (secondary N) is 1. The Balaban J connectivity index is 2.13. The molecule has 5 heteroatoms. The van der Waals surface area contributed by atoms with E-state index < -0.39 is 0 Å². The minimum absolute atomic E-state index is 0.0826. The van der Waals surface area contributed by atoms with Crippen LogP contribution in [0.4, 0.5) is 0 Å². The molecule has 1 aliphatic rings. The second-order valence-corrected chi connectivity index (χ2v) is 6.20. The Bertz CT molecular complexity index is 510. The van der Waals surface area contributed by atoms with Crippen molar-refractivity contribution in [2.75, 3.05) is 13.0 Å². The average molecular weight is 312 g/mol. The molecule has 0 radical (unpaired) electrons. The van der Waals surface area contributed by atoms with E-state index in [1.807, 2.05) is 0 Å². The summed E-state index contributed by atoms with van der Waals surface area (Å²) in [5.74, 6) is 1.21. The number of halogens is 1. The van der Waals surface area contributed by atoms with Crippen LogP contribution < -0.4 is 10.1 Å². The van der Waals surface area contributed by atoms with E-state index in [1.165, 1.54) is 13.2 Å². The van der Waals surface area contributed by atoms with Crippen molar-refractivity contribution >= 4 is 17.5 Å². The number of aromatic hydroxyl groups is 1. The largest absolute Gasteiger partial charge is 0.507 e. The van der Waals surface area contributed by atoms with Gasteiger partial charge in [0.15, 0.2) is 0 Å². The SMILES string of the molecule is COc1ccc(C(=O)NC2(CCl)CCC(C)CC2)c(O)c1. The first-order valence-corrected chi connectivity index (χ1v) is 7.78. The van der Waals surface area contributed by atoms with Crippen LogP contribution in [0, 0.1) is 5.92 Å². The minimum atomic E-state index is -0.364. The Morgan fingerprint density at radius 1 is 1.48 bits per heavy atom. The van der Waals surface area contributed by atoms with E-state index in [-0.39, 0.29) is 22.8 Å². The molecule has 1 aliphatic carbocycles. The molecule has 1 aromatic rings. The number of amides is 1. The predicted octanol–water partition coefficient (Wildman–Crippen LogP) is 3.32. The first-order valence-electron chi connectivity index (χ1n) is 7.25. The second-order valence-electron chi connectivity index (χ2n) is 5.93. The average Bonchev–Trinajstić information content (AvgIpc) is 2.49. The van der Waals surface area contributed by atoms with Gasteiger partial charge in [0.2, 0.25) is 0 Å². The van der Waals surface area contributed by atoms with Gasteiger partial charge in [-0.15, -0.1) is 11.6 Å². The topological polar surface area (TPSA) is 58.6 Å². The maximum Gasteiger partial charge on any atom is 0.255 e. The number of carbonyl (C=O) groups is 1. The highest BCUT2D eigenvalue weighted by Gasteiger charge is 2.35. The molecule has 0 spiro atoms. The molecular weight excluding hydrogens is 290 g/mol. The highest BCUT2D eigenvalue weighted by molar-refractivity contribution is 6.19. The summed E-state index contributed by atoms with van der Waals surface area (Å²) in [5.41, 5.74) is -0.115. The number of benzene rings is 1. The number of methoxy groups -OCH3 is 1. The van der Waals surface area contributed by atoms with Crippen molar-refractivity contribution in [2.24, 2.45) is 5.92 Å². The smallest absolute Gasteiger partial charge is 0.255 e. The first-order chi connectivity index (χ1) is 9.99. The summed E-state index contributed by atoms with van der Waals surface area (Å²) in [7, 11) is 1.51. The fourth-order valence-electron chi connectivity index (χ4n) is 2.75. The molecule has 1 aromatic carbocycles. The molecule has 4 nitrogen and oxygen atoms in total. The van der Waals surface area contributed by atoms with Crippen LogP contribution in [0.1, 0.15) is 43.0 Å². The highest BCUT2D eigenvalue weighted by atomic mass is 35.5. The Morgan fingerprint density at radius 3 is 2.67 bits per heavy atom. The van der Waals surface area contributed by atoms with Gasteiger partial charge in [-0.3, -0.25) is 4.79 Å². The van der Waals surface area contributed by atoms with Gasteiger partial charge in [-0.25, -0.2) is 0 Å². The third-order valence-corrected chi connectivity index (χ3v) is 4.83. The van der Waals surface area contributed by atoms with Gasteiger partial charge in [-0.1, -0.05) is 6.92 Å². The number of phenolic OH excluding ortho intramolecular Hbond substituents is 1. The fraction of sp³-hybridized carbons (Fsp3) is 0.562. The Hall–Kier alpha value is -1.42. The lowest BCUT2D eigenvalue weighted by Crippen LogP contribution is -2.52. The third-order valence-electron chi connectivity index (χ3n) is 4.32. The van der Waals surface area contributed by atoms with Crippen LogP contribution in [0.5, 0.6) is 11.5 Å². The summed E-state index contributed by atoms with van der Waals surface area (Å²) in [6, 6.07) is 4.66. The summed E-state index contributed by atoms with van der Waals surface area (Å²) in [4.78, 5) is 12.4. The van der Waals surface area contributed by atoms with E-state index >= 15 is 0 Å². The molecule has 21 heavy (non-hydrogen) atoms. The van der Waals surface area contributed by atoms with Gasteiger partial charge in [-0.05, 0) is 43.7 Å². The van der Waals surface area contributed by atoms with Crippen molar-refractivity contribution in [3.8, 4) is 11.5 Å². The van der Waals surface area contributed by atoms with Crippen LogP contribution in [0.25, 0.3) is 0 Å². The molecule has 0 aromatic heterocycles. The monoisotopic (exact) mass is 311 g/mol. The van der Waals surface area contributed by atoms with E-state index in [4.69, 9.17) is 16.3 Å². The Kier molecular flexibility index (Phi) is 4.99. The lowest BCUT2D eigenvalue weighted by Gasteiger charge is -2.38. The number of rotatable bonds is 4. The molecule has 0 atom stereocenters. The maximum absolute atomic E-state index is 12.4. The number of hydrogen-bond donors (Lipinski definition) is 2. The van der Waals surface area contributed by atoms with Crippen LogP contribution in [-0.4, -0.2) is 29.5 Å². The molecule has 0 unspecified atom stereocenters. The van der Waals surface area contributed by atoms with Crippen LogP contribution in [-0.2, 0) is 0 Å². The molecule has 0 heterocycles. The normalized spacial score (nSPS) is 25.4. The zero-order valence-corrected chi connectivity index (χ0v) is 13.2. The second kappa shape index (κ2) is 6.56. The van der Waals surface area contributed by atoms with Crippen LogP contribution >= 0.6 is 11.6 Å². The van der Waals surface area contributed by atoms with Crippen LogP contribution in [0.2, 0.25) is 0 Å². The minimum Gasteiger partial charge on any atom is -0.507 e. The molecule has 0 bridgehead atoms. The van der Waals surface area contributed by atoms with Crippen molar-refractivity contribution in [1.82, 2.24) is 5.32 Å². The van der Waals surface area contributed by atoms with E-state index in [9.17, 15) is 9.90 Å². The number of carbonyl (C=O) groups excluding carboxylic acids is 1. The van der Waals surface area contributed by atoms with Gasteiger partial charge in [0.25, 0.3) is 5.91 Å². The number of phenols is 1. The van der Waals surface area contributed by atoms with E-state index in [1.54, 1.807) is 12.1 Å². The zero-order chi connectivity index (χ0) is 15.5. The van der Waals surface area contributed by atoms with Gasteiger partial charge in [0.05, 0.1) is 18.2 Å². The van der Waals surface area contributed by atoms with Gasteiger partial charge in [0, 0.05) is 11.9 Å². The summed E-state index contributed by atoms with van der Waals surface area (Å²) < 4.78 is 5.02. The van der Waals surface area contributed by atoms with Crippen molar-refractivity contribution in [3.05, 3.63) is 23.8 Å². The van der Waals surface area contributed by atoms with Crippen molar-refractivity contribution in [3.63, 3.8) is 0 Å². The number of ether oxygens (including phenoxy) is 1. The number of alkyl halides is 1. The lowest BCUT2D eigenvalue weighted by atomic mass is 9.78. The molecule has 2 N–H and O–H groups in total. The van der Waals surface area contributed by atoms with E-state index in [2.05, 4.69) is 12.2 Å². The fourth-order valence-corrected chi connectivity index (χ4v) is 3.08. The van der Waals surface area contributed by atoms with Gasteiger partial charge in [0.1, 0.15) is 11.5 Å². The van der Waals surface area contributed by atoms with E-state index in [0.29, 0.717) is 17.5 Å². The summed E-state index contributed by atoms with van der Waals surface area (Å²) in [6.07, 6.45) is 3.86. The predicted molar refractivity (Wildman–Crippen MR) is 83.2 cm³/mol. The summed E-state index contributed by atoms with van der Waals surface area (Å²) in [6.45, 7) is 2.22. The number of hydrogen-bond acceptors (Lipinski definition) is 3. The molecule has 1 saturated carbocycles. The summed E-state index contributed by atoms with van der Waals surface area (Å²) in [5, 5.41) is 13.0. The molecule has 116 valence electrons. The standard InChI is InChI=1S/C16H22ClNO3/c1-11-5-7-16(10-17,8-6-11)18-15(20)13-4-3-12(21-2)9-14(13)19/h3-4,9,11,19H,5-8,10H2,1-2H3,(H,18,20). The van der Waals surface area contributed by atoms with Crippen molar-refractivity contribution < 1.29 is 14.6 Å². The maximum atomic E-state index is 12.4. The molecular formula is C16H22ClNO3. The molecule has 1 amide bonds. The van der Waals surface area contributed by atoms with Crippen molar-refractivity contribution in [1.29, 1.82) is 0 Å². The molecule has 2 rings (SSSR count). The Labute approximate surface area is 130 Å². The lowest BCUT2D eigenvalue weighted by molar-refractivity contribution is 0.0869. The zero-order valence-electron chi connectivity index (χ0n) is 12.5. The van der Waals surface area contributed by atoms with Crippen LogP contribution in [0.3, 0.4) is 0 Å². The molecule has 0 saturated heterocycles. The Morgan fingerprint density at radius 2 is 2.14 bits per heavy atom. The quantitative estimate of drug-likeness (QED) is 0.839. The molecule has 0 aliphatic heterocycles. The van der Waals surface area contributed by atoms with Gasteiger partial charge in [-0.2, -0.15) is 0 Å². The van der Waals surface area contributed by atoms with Gasteiger partial charge < -0.3 is 15.2 Å². The van der Waals surface area contributed by atoms with Crippen LogP contribution in [0.15, 0.2) is 18.2 Å². The molecule has 1 fully saturated rings.